The first-order chi connectivity index (χ1) is 11.8. The Hall–Kier alpha value is -2.47. The Morgan fingerprint density at radius 2 is 1.52 bits per heavy atom. The molecule has 1 aliphatic heterocycles. The Balaban J connectivity index is 1.69. The van der Waals surface area contributed by atoms with Gasteiger partial charge in [-0.1, -0.05) is 36.4 Å². The molecular formula is C19H19F3N2O. The Labute approximate surface area is 144 Å². The van der Waals surface area contributed by atoms with E-state index >= 15 is 0 Å². The predicted molar refractivity (Wildman–Crippen MR) is 90.5 cm³/mol. The Kier molecular flexibility index (Phi) is 4.72. The summed E-state index contributed by atoms with van der Waals surface area (Å²) in [6.07, 6.45) is -2.49. The maximum atomic E-state index is 12.2. The van der Waals surface area contributed by atoms with Crippen LogP contribution in [0.1, 0.15) is 12.5 Å². The summed E-state index contributed by atoms with van der Waals surface area (Å²) in [7, 11) is 2.05. The van der Waals surface area contributed by atoms with Crippen molar-refractivity contribution in [1.82, 2.24) is 10.0 Å². The minimum atomic E-state index is -4.67. The lowest BCUT2D eigenvalue weighted by Gasteiger charge is -2.28. The zero-order valence-corrected chi connectivity index (χ0v) is 14.0. The van der Waals surface area contributed by atoms with Gasteiger partial charge in [0.25, 0.3) is 0 Å². The number of nitrogens with zero attached hydrogens (tertiary/aromatic N) is 2. The highest BCUT2D eigenvalue weighted by Gasteiger charge is 2.30. The number of alkyl halides is 3. The molecule has 3 rings (SSSR count). The third kappa shape index (κ3) is 4.33. The van der Waals surface area contributed by atoms with Crippen LogP contribution in [0.3, 0.4) is 0 Å². The number of likely N-dealkylation sites (N-methyl/N-ethyl adjacent to an activating group) is 1. The quantitative estimate of drug-likeness (QED) is 0.788. The zero-order chi connectivity index (χ0) is 18.0. The van der Waals surface area contributed by atoms with Crippen LogP contribution in [0.4, 0.5) is 13.2 Å². The molecule has 0 aromatic heterocycles. The number of benzene rings is 2. The molecule has 0 fully saturated rings. The highest BCUT2D eigenvalue weighted by atomic mass is 19.4. The molecule has 25 heavy (non-hydrogen) atoms. The molecule has 2 aromatic carbocycles. The number of allylic oxidation sites excluding steroid dienone is 1. The van der Waals surface area contributed by atoms with Gasteiger partial charge in [-0.25, -0.2) is 5.01 Å². The zero-order valence-electron chi connectivity index (χ0n) is 14.0. The average Bonchev–Trinajstić information content (AvgIpc) is 2.87. The van der Waals surface area contributed by atoms with E-state index in [0.29, 0.717) is 0 Å². The van der Waals surface area contributed by atoms with Crippen LogP contribution in [0.15, 0.2) is 60.3 Å². The van der Waals surface area contributed by atoms with Crippen molar-refractivity contribution >= 4 is 0 Å². The van der Waals surface area contributed by atoms with Crippen LogP contribution in [-0.4, -0.2) is 30.0 Å². The summed E-state index contributed by atoms with van der Waals surface area (Å²) in [5.74, 6) is -0.216. The van der Waals surface area contributed by atoms with E-state index in [2.05, 4.69) is 27.8 Å². The van der Waals surface area contributed by atoms with E-state index in [9.17, 15) is 13.2 Å². The molecule has 0 saturated heterocycles. The summed E-state index contributed by atoms with van der Waals surface area (Å²) in [6.45, 7) is 3.79. The van der Waals surface area contributed by atoms with Crippen molar-refractivity contribution in [3.63, 3.8) is 0 Å². The van der Waals surface area contributed by atoms with Gasteiger partial charge < -0.3 is 9.75 Å². The summed E-state index contributed by atoms with van der Waals surface area (Å²) in [6, 6.07) is 13.9. The van der Waals surface area contributed by atoms with E-state index in [0.717, 1.165) is 24.2 Å². The summed E-state index contributed by atoms with van der Waals surface area (Å²) in [5, 5.41) is 4.36. The minimum absolute atomic E-state index is 0.216. The lowest BCUT2D eigenvalue weighted by molar-refractivity contribution is -0.274. The molecule has 0 bridgehead atoms. The predicted octanol–water partition coefficient (Wildman–Crippen LogP) is 4.82. The minimum Gasteiger partial charge on any atom is -0.406 e. The maximum Gasteiger partial charge on any atom is 0.573 e. The van der Waals surface area contributed by atoms with Crippen molar-refractivity contribution in [3.05, 3.63) is 65.9 Å². The third-order valence-corrected chi connectivity index (χ3v) is 4.18. The molecule has 6 heteroatoms. The van der Waals surface area contributed by atoms with Crippen molar-refractivity contribution in [2.45, 2.75) is 19.8 Å². The molecule has 0 atom stereocenters. The number of hydrogen-bond acceptors (Lipinski definition) is 3. The summed E-state index contributed by atoms with van der Waals surface area (Å²) in [5.41, 5.74) is 4.19. The van der Waals surface area contributed by atoms with Gasteiger partial charge in [0.1, 0.15) is 5.75 Å². The van der Waals surface area contributed by atoms with Gasteiger partial charge in [0.05, 0.1) is 6.54 Å². The van der Waals surface area contributed by atoms with E-state index in [1.165, 1.54) is 23.4 Å². The monoisotopic (exact) mass is 348 g/mol. The maximum absolute atomic E-state index is 12.2. The SMILES string of the molecule is CC1=CCN(C)N1Cc1ccc(-c2ccc(OC(F)(F)F)cc2)cc1. The van der Waals surface area contributed by atoms with Crippen LogP contribution in [0.2, 0.25) is 0 Å². The average molecular weight is 348 g/mol. The van der Waals surface area contributed by atoms with Crippen LogP contribution in [0.5, 0.6) is 5.75 Å². The first-order valence-electron chi connectivity index (χ1n) is 7.92. The van der Waals surface area contributed by atoms with E-state index in [1.807, 2.05) is 31.3 Å². The molecule has 2 aromatic rings. The Bertz CT molecular complexity index is 752. The second-order valence-corrected chi connectivity index (χ2v) is 6.01. The van der Waals surface area contributed by atoms with Gasteiger partial charge >= 0.3 is 6.36 Å². The molecular weight excluding hydrogens is 329 g/mol. The van der Waals surface area contributed by atoms with Crippen LogP contribution in [0, 0.1) is 0 Å². The van der Waals surface area contributed by atoms with E-state index < -0.39 is 6.36 Å². The van der Waals surface area contributed by atoms with Crippen LogP contribution in [-0.2, 0) is 6.54 Å². The number of ether oxygens (including phenoxy) is 1. The van der Waals surface area contributed by atoms with Crippen molar-refractivity contribution in [3.8, 4) is 16.9 Å². The van der Waals surface area contributed by atoms with Gasteiger partial charge in [-0.2, -0.15) is 0 Å². The molecule has 0 unspecified atom stereocenters. The van der Waals surface area contributed by atoms with Gasteiger partial charge in [-0.3, -0.25) is 0 Å². The Morgan fingerprint density at radius 1 is 0.960 bits per heavy atom. The fraction of sp³-hybridized carbons (Fsp3) is 0.263. The third-order valence-electron chi connectivity index (χ3n) is 4.18. The van der Waals surface area contributed by atoms with Crippen molar-refractivity contribution in [2.75, 3.05) is 13.6 Å². The normalized spacial score (nSPS) is 15.4. The van der Waals surface area contributed by atoms with Crippen LogP contribution in [0.25, 0.3) is 11.1 Å². The molecule has 0 spiro atoms. The molecule has 0 N–H and O–H groups in total. The molecule has 132 valence electrons. The molecule has 0 saturated carbocycles. The van der Waals surface area contributed by atoms with E-state index in [-0.39, 0.29) is 5.75 Å². The van der Waals surface area contributed by atoms with Crippen molar-refractivity contribution in [2.24, 2.45) is 0 Å². The number of hydrogen-bond donors (Lipinski definition) is 0. The van der Waals surface area contributed by atoms with Gasteiger partial charge in [0, 0.05) is 19.3 Å². The molecule has 1 aliphatic rings. The van der Waals surface area contributed by atoms with Gasteiger partial charge in [-0.05, 0) is 41.8 Å². The molecule has 0 radical (unpaired) electrons. The highest BCUT2D eigenvalue weighted by Crippen LogP contribution is 2.27. The van der Waals surface area contributed by atoms with Gasteiger partial charge in [0.15, 0.2) is 0 Å². The standard InChI is InChI=1S/C19H19F3N2O/c1-14-11-12-23(2)24(14)13-15-3-5-16(6-4-15)17-7-9-18(10-8-17)25-19(20,21)22/h3-11H,12-13H2,1-2H3. The first-order valence-corrected chi connectivity index (χ1v) is 7.92. The lowest BCUT2D eigenvalue weighted by atomic mass is 10.0. The van der Waals surface area contributed by atoms with Crippen molar-refractivity contribution < 1.29 is 17.9 Å². The Morgan fingerprint density at radius 3 is 2.00 bits per heavy atom. The van der Waals surface area contributed by atoms with Crippen LogP contribution < -0.4 is 4.74 Å². The van der Waals surface area contributed by atoms with Crippen LogP contribution >= 0.6 is 0 Å². The van der Waals surface area contributed by atoms with Gasteiger partial charge in [-0.15, -0.1) is 13.2 Å². The van der Waals surface area contributed by atoms with Gasteiger partial charge in [0.2, 0.25) is 0 Å². The summed E-state index contributed by atoms with van der Waals surface area (Å²) >= 11 is 0. The largest absolute Gasteiger partial charge is 0.573 e. The molecule has 3 nitrogen and oxygen atoms in total. The van der Waals surface area contributed by atoms with E-state index in [4.69, 9.17) is 0 Å². The molecule has 0 aliphatic carbocycles. The second kappa shape index (κ2) is 6.80. The topological polar surface area (TPSA) is 15.7 Å². The summed E-state index contributed by atoms with van der Waals surface area (Å²) in [4.78, 5) is 0. The highest BCUT2D eigenvalue weighted by molar-refractivity contribution is 5.64. The number of hydrazine groups is 1. The van der Waals surface area contributed by atoms with Crippen molar-refractivity contribution in [1.29, 1.82) is 0 Å². The number of rotatable bonds is 4. The fourth-order valence-electron chi connectivity index (χ4n) is 2.81. The lowest BCUT2D eigenvalue weighted by Crippen LogP contribution is -2.32. The fourth-order valence-corrected chi connectivity index (χ4v) is 2.81. The molecule has 0 amide bonds. The molecule has 1 heterocycles. The second-order valence-electron chi connectivity index (χ2n) is 6.01. The smallest absolute Gasteiger partial charge is 0.406 e. The van der Waals surface area contributed by atoms with E-state index in [1.54, 1.807) is 12.1 Å². The first kappa shape index (κ1) is 17.4. The summed E-state index contributed by atoms with van der Waals surface area (Å²) < 4.78 is 40.5. The number of halogens is 3.